The van der Waals surface area contributed by atoms with Crippen molar-refractivity contribution in [3.8, 4) is 0 Å². The minimum Gasteiger partial charge on any atom is -0.497 e. The average molecular weight is 198 g/mol. The molecule has 0 aliphatic rings. The molecule has 1 nitrogen and oxygen atoms in total. The van der Waals surface area contributed by atoms with E-state index in [4.69, 9.17) is 4.74 Å². The van der Waals surface area contributed by atoms with Gasteiger partial charge in [0.05, 0.1) is 7.11 Å². The molecule has 0 N–H and O–H groups in total. The maximum absolute atomic E-state index is 5.02. The van der Waals surface area contributed by atoms with Gasteiger partial charge in [-0.25, -0.2) is 0 Å². The molecular weight excluding hydrogens is 172 g/mol. The minimum absolute atomic E-state index is 0.799. The lowest BCUT2D eigenvalue weighted by atomic mass is 10.2. The zero-order valence-electron chi connectivity index (χ0n) is 10.9. The van der Waals surface area contributed by atoms with E-state index in [0.717, 1.165) is 16.9 Å². The molecular formula is C13H26O. The Morgan fingerprint density at radius 1 is 1.00 bits per heavy atom. The monoisotopic (exact) mass is 198 g/mol. The lowest BCUT2D eigenvalue weighted by molar-refractivity contribution is 0.301. The molecule has 0 radical (unpaired) electrons. The zero-order chi connectivity index (χ0) is 12.1. The third kappa shape index (κ3) is 13.6. The first-order valence-electron chi connectivity index (χ1n) is 5.15. The van der Waals surface area contributed by atoms with Gasteiger partial charge < -0.3 is 4.74 Å². The van der Waals surface area contributed by atoms with Crippen LogP contribution in [0.4, 0.5) is 0 Å². The number of methoxy groups -OCH3 is 1. The Labute approximate surface area is 90.2 Å². The van der Waals surface area contributed by atoms with Crippen molar-refractivity contribution in [3.63, 3.8) is 0 Å². The Balaban J connectivity index is -0.000000266. The van der Waals surface area contributed by atoms with Crippen LogP contribution >= 0.6 is 0 Å². The van der Waals surface area contributed by atoms with Gasteiger partial charge in [0.1, 0.15) is 5.76 Å². The van der Waals surface area contributed by atoms with Gasteiger partial charge in [0.15, 0.2) is 0 Å². The van der Waals surface area contributed by atoms with Crippen LogP contribution in [-0.4, -0.2) is 7.11 Å². The van der Waals surface area contributed by atoms with Crippen LogP contribution < -0.4 is 0 Å². The second kappa shape index (κ2) is 14.5. The summed E-state index contributed by atoms with van der Waals surface area (Å²) in [6.07, 6.45) is 1.86. The highest BCUT2D eigenvalue weighted by Crippen LogP contribution is 2.09. The number of rotatable bonds is 3. The predicted octanol–water partition coefficient (Wildman–Crippen LogP) is 4.72. The maximum Gasteiger partial charge on any atom is 0.121 e. The van der Waals surface area contributed by atoms with E-state index >= 15 is 0 Å². The molecule has 0 fully saturated rings. The smallest absolute Gasteiger partial charge is 0.121 e. The van der Waals surface area contributed by atoms with E-state index in [9.17, 15) is 0 Å². The third-order valence-electron chi connectivity index (χ3n) is 1.02. The average Bonchev–Trinajstić information content (AvgIpc) is 2.19. The molecule has 0 aromatic carbocycles. The summed E-state index contributed by atoms with van der Waals surface area (Å²) in [6, 6.07) is 0. The van der Waals surface area contributed by atoms with Crippen LogP contribution in [-0.2, 0) is 4.74 Å². The van der Waals surface area contributed by atoms with Crippen LogP contribution in [0.5, 0.6) is 0 Å². The van der Waals surface area contributed by atoms with Gasteiger partial charge in [0, 0.05) is 0 Å². The molecule has 0 saturated heterocycles. The molecule has 0 bridgehead atoms. The highest BCUT2D eigenvalue weighted by atomic mass is 16.5. The second-order valence-electron chi connectivity index (χ2n) is 2.34. The van der Waals surface area contributed by atoms with Gasteiger partial charge in [-0.05, 0) is 25.5 Å². The lowest BCUT2D eigenvalue weighted by Crippen LogP contribution is -1.87. The molecule has 1 heteroatoms. The molecule has 0 unspecified atom stereocenters. The van der Waals surface area contributed by atoms with Gasteiger partial charge in [0.2, 0.25) is 0 Å². The molecule has 0 aromatic rings. The largest absolute Gasteiger partial charge is 0.497 e. The molecule has 0 atom stereocenters. The van der Waals surface area contributed by atoms with Gasteiger partial charge in [-0.15, -0.1) is 0 Å². The Bertz CT molecular complexity index is 176. The summed E-state index contributed by atoms with van der Waals surface area (Å²) in [5.41, 5.74) is 1.89. The fraction of sp³-hybridized carbons (Fsp3) is 0.538. The maximum atomic E-state index is 5.02. The van der Waals surface area contributed by atoms with Gasteiger partial charge in [0.25, 0.3) is 0 Å². The van der Waals surface area contributed by atoms with Crippen LogP contribution in [0.15, 0.2) is 36.1 Å². The first-order chi connectivity index (χ1) is 6.57. The van der Waals surface area contributed by atoms with E-state index in [0.29, 0.717) is 0 Å². The Morgan fingerprint density at radius 2 is 1.36 bits per heavy atom. The van der Waals surface area contributed by atoms with Crippen LogP contribution in [0.25, 0.3) is 0 Å². The Kier molecular flexibility index (Phi) is 19.5. The van der Waals surface area contributed by atoms with Crippen molar-refractivity contribution in [1.82, 2.24) is 0 Å². The van der Waals surface area contributed by atoms with E-state index in [1.54, 1.807) is 7.11 Å². The summed E-state index contributed by atoms with van der Waals surface area (Å²) in [4.78, 5) is 0. The van der Waals surface area contributed by atoms with E-state index < -0.39 is 0 Å². The standard InChI is InChI=1S/C9H14O.2C2H6/c1-7(2)6-9(10-5)8(3)4;2*1-2/h6H,1,3H2,2,4-5H3;2*1-2H3/b9-6+;;. The summed E-state index contributed by atoms with van der Waals surface area (Å²) in [6.45, 7) is 19.3. The summed E-state index contributed by atoms with van der Waals surface area (Å²) in [5.74, 6) is 0.799. The van der Waals surface area contributed by atoms with Gasteiger partial charge in [-0.2, -0.15) is 0 Å². The van der Waals surface area contributed by atoms with E-state index in [-0.39, 0.29) is 0 Å². The number of hydrogen-bond acceptors (Lipinski definition) is 1. The Morgan fingerprint density at radius 3 is 1.43 bits per heavy atom. The molecule has 84 valence electrons. The molecule has 0 amide bonds. The van der Waals surface area contributed by atoms with Crippen LogP contribution in [0.3, 0.4) is 0 Å². The highest BCUT2D eigenvalue weighted by molar-refractivity contribution is 5.27. The number of allylic oxidation sites excluding steroid dienone is 3. The molecule has 0 aliphatic carbocycles. The van der Waals surface area contributed by atoms with Gasteiger partial charge in [-0.3, -0.25) is 0 Å². The first-order valence-corrected chi connectivity index (χ1v) is 5.15. The molecule has 14 heavy (non-hydrogen) atoms. The number of hydrogen-bond donors (Lipinski definition) is 0. The van der Waals surface area contributed by atoms with Crippen molar-refractivity contribution in [1.29, 1.82) is 0 Å². The van der Waals surface area contributed by atoms with Crippen molar-refractivity contribution in [2.24, 2.45) is 0 Å². The summed E-state index contributed by atoms with van der Waals surface area (Å²) < 4.78 is 5.02. The van der Waals surface area contributed by atoms with E-state index in [1.165, 1.54) is 0 Å². The molecule has 0 aromatic heterocycles. The molecule has 0 spiro atoms. The SMILES string of the molecule is C=C(C)/C=C(/OC)C(=C)C.CC.CC. The summed E-state index contributed by atoms with van der Waals surface area (Å²) >= 11 is 0. The zero-order valence-corrected chi connectivity index (χ0v) is 10.9. The molecule has 0 heterocycles. The minimum atomic E-state index is 0.799. The number of ether oxygens (including phenoxy) is 1. The Hall–Kier alpha value is -0.980. The van der Waals surface area contributed by atoms with Crippen molar-refractivity contribution < 1.29 is 4.74 Å². The van der Waals surface area contributed by atoms with Gasteiger partial charge in [-0.1, -0.05) is 46.4 Å². The van der Waals surface area contributed by atoms with Crippen LogP contribution in [0, 0.1) is 0 Å². The molecule has 0 aliphatic heterocycles. The summed E-state index contributed by atoms with van der Waals surface area (Å²) in [5, 5.41) is 0. The quantitative estimate of drug-likeness (QED) is 0.471. The molecule has 0 saturated carbocycles. The van der Waals surface area contributed by atoms with Crippen molar-refractivity contribution in [2.75, 3.05) is 7.11 Å². The van der Waals surface area contributed by atoms with Crippen molar-refractivity contribution >= 4 is 0 Å². The van der Waals surface area contributed by atoms with Crippen molar-refractivity contribution in [2.45, 2.75) is 41.5 Å². The van der Waals surface area contributed by atoms with E-state index in [1.807, 2.05) is 47.6 Å². The summed E-state index contributed by atoms with van der Waals surface area (Å²) in [7, 11) is 1.63. The fourth-order valence-electron chi connectivity index (χ4n) is 0.580. The second-order valence-corrected chi connectivity index (χ2v) is 2.34. The van der Waals surface area contributed by atoms with E-state index in [2.05, 4.69) is 13.2 Å². The van der Waals surface area contributed by atoms with Crippen LogP contribution in [0.1, 0.15) is 41.5 Å². The normalized spacial score (nSPS) is 8.64. The van der Waals surface area contributed by atoms with Crippen molar-refractivity contribution in [3.05, 3.63) is 36.1 Å². The molecule has 0 rings (SSSR count). The lowest BCUT2D eigenvalue weighted by Gasteiger charge is -2.03. The topological polar surface area (TPSA) is 9.23 Å². The third-order valence-corrected chi connectivity index (χ3v) is 1.02. The van der Waals surface area contributed by atoms with Gasteiger partial charge >= 0.3 is 0 Å². The predicted molar refractivity (Wildman–Crippen MR) is 67.4 cm³/mol. The fourth-order valence-corrected chi connectivity index (χ4v) is 0.580. The van der Waals surface area contributed by atoms with Crippen LogP contribution in [0.2, 0.25) is 0 Å². The first kappa shape index (κ1) is 18.7. The highest BCUT2D eigenvalue weighted by Gasteiger charge is 1.94.